The standard InChI is InChI=1S/C16H13Cl2NO/c17-14-8-2-1-6-12(14)15(20)13-7-3-4-9-16(13,18)10-5-11-19/h1-4,6-9,13H,11,19H2. The second-order valence-corrected chi connectivity index (χ2v) is 5.37. The molecule has 1 aromatic rings. The molecule has 0 amide bonds. The first-order valence-corrected chi connectivity index (χ1v) is 6.88. The number of hydrogen-bond acceptors (Lipinski definition) is 2. The molecule has 1 aliphatic rings. The zero-order valence-electron chi connectivity index (χ0n) is 10.6. The van der Waals surface area contributed by atoms with E-state index < -0.39 is 10.8 Å². The van der Waals surface area contributed by atoms with Gasteiger partial charge in [0.05, 0.1) is 17.5 Å². The van der Waals surface area contributed by atoms with E-state index in [9.17, 15) is 4.79 Å². The van der Waals surface area contributed by atoms with E-state index in [1.807, 2.05) is 0 Å². The number of benzene rings is 1. The normalized spacial score (nSPS) is 24.1. The van der Waals surface area contributed by atoms with E-state index in [1.165, 1.54) is 0 Å². The molecule has 0 heterocycles. The van der Waals surface area contributed by atoms with Gasteiger partial charge < -0.3 is 5.73 Å². The Morgan fingerprint density at radius 3 is 2.80 bits per heavy atom. The van der Waals surface area contributed by atoms with Gasteiger partial charge in [0.1, 0.15) is 4.87 Å². The number of rotatable bonds is 2. The van der Waals surface area contributed by atoms with Crippen LogP contribution in [0.25, 0.3) is 0 Å². The van der Waals surface area contributed by atoms with Crippen LogP contribution in [-0.4, -0.2) is 17.2 Å². The van der Waals surface area contributed by atoms with Gasteiger partial charge in [-0.1, -0.05) is 71.5 Å². The summed E-state index contributed by atoms with van der Waals surface area (Å²) in [5, 5.41) is 0.409. The topological polar surface area (TPSA) is 43.1 Å². The summed E-state index contributed by atoms with van der Waals surface area (Å²) in [5.74, 6) is 4.85. The molecule has 0 aromatic heterocycles. The predicted molar refractivity (Wildman–Crippen MR) is 83.0 cm³/mol. The first kappa shape index (κ1) is 14.9. The molecule has 0 radical (unpaired) electrons. The average molecular weight is 306 g/mol. The van der Waals surface area contributed by atoms with E-state index in [4.69, 9.17) is 28.9 Å². The molecular formula is C16H13Cl2NO. The Morgan fingerprint density at radius 1 is 1.35 bits per heavy atom. The molecule has 20 heavy (non-hydrogen) atoms. The van der Waals surface area contributed by atoms with Crippen LogP contribution >= 0.6 is 23.2 Å². The molecule has 4 heteroatoms. The third kappa shape index (κ3) is 2.96. The maximum atomic E-state index is 12.6. The summed E-state index contributed by atoms with van der Waals surface area (Å²) in [4.78, 5) is 11.6. The third-order valence-corrected chi connectivity index (χ3v) is 3.80. The summed E-state index contributed by atoms with van der Waals surface area (Å²) in [5.41, 5.74) is 5.82. The fourth-order valence-electron chi connectivity index (χ4n) is 2.03. The largest absolute Gasteiger partial charge is 0.320 e. The number of nitrogens with two attached hydrogens (primary N) is 1. The second kappa shape index (κ2) is 6.28. The number of carbonyl (C=O) groups excluding carboxylic acids is 1. The van der Waals surface area contributed by atoms with E-state index in [2.05, 4.69) is 11.8 Å². The monoisotopic (exact) mass is 305 g/mol. The Morgan fingerprint density at radius 2 is 2.10 bits per heavy atom. The molecule has 2 rings (SSSR count). The number of hydrogen-bond donors (Lipinski definition) is 1. The molecule has 0 saturated carbocycles. The molecular weight excluding hydrogens is 293 g/mol. The van der Waals surface area contributed by atoms with Crippen molar-refractivity contribution in [2.24, 2.45) is 11.7 Å². The van der Waals surface area contributed by atoms with Crippen molar-refractivity contribution >= 4 is 29.0 Å². The molecule has 0 spiro atoms. The molecule has 0 fully saturated rings. The Labute approximate surface area is 128 Å². The molecule has 1 aliphatic carbocycles. The van der Waals surface area contributed by atoms with Gasteiger partial charge >= 0.3 is 0 Å². The summed E-state index contributed by atoms with van der Waals surface area (Å²) in [6.45, 7) is 0.193. The van der Waals surface area contributed by atoms with Gasteiger partial charge in [-0.15, -0.1) is 0 Å². The minimum atomic E-state index is -1.08. The van der Waals surface area contributed by atoms with Gasteiger partial charge in [-0.2, -0.15) is 0 Å². The highest BCUT2D eigenvalue weighted by molar-refractivity contribution is 6.35. The third-order valence-electron chi connectivity index (χ3n) is 3.01. The number of carbonyl (C=O) groups is 1. The zero-order valence-corrected chi connectivity index (χ0v) is 12.2. The molecule has 2 nitrogen and oxygen atoms in total. The molecule has 2 atom stereocenters. The fourth-order valence-corrected chi connectivity index (χ4v) is 2.57. The number of Topliss-reactive ketones (excluding diaryl/α,β-unsaturated/α-hetero) is 1. The van der Waals surface area contributed by atoms with Crippen molar-refractivity contribution in [3.63, 3.8) is 0 Å². The Bertz CT molecular complexity index is 639. The summed E-state index contributed by atoms with van der Waals surface area (Å²) in [6.07, 6.45) is 7.00. The van der Waals surface area contributed by atoms with Gasteiger partial charge in [0.15, 0.2) is 5.78 Å². The smallest absolute Gasteiger partial charge is 0.174 e. The van der Waals surface area contributed by atoms with Crippen LogP contribution in [0.15, 0.2) is 48.6 Å². The molecule has 0 saturated heterocycles. The van der Waals surface area contributed by atoms with Crippen LogP contribution in [0.5, 0.6) is 0 Å². The quantitative estimate of drug-likeness (QED) is 0.518. The van der Waals surface area contributed by atoms with Crippen LogP contribution in [0, 0.1) is 17.8 Å². The van der Waals surface area contributed by atoms with Crippen LogP contribution in [0.1, 0.15) is 10.4 Å². The number of halogens is 2. The van der Waals surface area contributed by atoms with Crippen LogP contribution in [-0.2, 0) is 0 Å². The Kier molecular flexibility index (Phi) is 4.67. The number of allylic oxidation sites excluding steroid dienone is 4. The van der Waals surface area contributed by atoms with Gasteiger partial charge in [0, 0.05) is 5.56 Å². The first-order valence-electron chi connectivity index (χ1n) is 6.12. The lowest BCUT2D eigenvalue weighted by Gasteiger charge is -2.27. The molecule has 0 bridgehead atoms. The van der Waals surface area contributed by atoms with Crippen molar-refractivity contribution in [3.05, 3.63) is 59.2 Å². The predicted octanol–water partition coefficient (Wildman–Crippen LogP) is 3.20. The van der Waals surface area contributed by atoms with E-state index in [0.29, 0.717) is 10.6 Å². The van der Waals surface area contributed by atoms with Crippen LogP contribution in [0.4, 0.5) is 0 Å². The number of ketones is 1. The van der Waals surface area contributed by atoms with Gasteiger partial charge in [-0.25, -0.2) is 0 Å². The summed E-state index contributed by atoms with van der Waals surface area (Å²) >= 11 is 12.6. The number of alkyl halides is 1. The van der Waals surface area contributed by atoms with E-state index in [-0.39, 0.29) is 12.3 Å². The Hall–Kier alpha value is -1.53. The minimum Gasteiger partial charge on any atom is -0.320 e. The first-order chi connectivity index (χ1) is 9.58. The van der Waals surface area contributed by atoms with Gasteiger partial charge in [0.25, 0.3) is 0 Å². The summed E-state index contributed by atoms with van der Waals surface area (Å²) in [6, 6.07) is 6.91. The van der Waals surface area contributed by atoms with Gasteiger partial charge in [0.2, 0.25) is 0 Å². The van der Waals surface area contributed by atoms with Crippen LogP contribution < -0.4 is 5.73 Å². The lowest BCUT2D eigenvalue weighted by Crippen LogP contribution is -2.35. The van der Waals surface area contributed by atoms with E-state index in [0.717, 1.165) is 0 Å². The van der Waals surface area contributed by atoms with Crippen LogP contribution in [0.2, 0.25) is 5.02 Å². The molecule has 102 valence electrons. The average Bonchev–Trinajstić information content (AvgIpc) is 2.45. The highest BCUT2D eigenvalue weighted by Gasteiger charge is 2.38. The van der Waals surface area contributed by atoms with E-state index in [1.54, 1.807) is 48.6 Å². The highest BCUT2D eigenvalue weighted by Crippen LogP contribution is 2.34. The zero-order chi connectivity index (χ0) is 14.6. The molecule has 0 aliphatic heterocycles. The lowest BCUT2D eigenvalue weighted by atomic mass is 9.82. The minimum absolute atomic E-state index is 0.155. The van der Waals surface area contributed by atoms with Gasteiger partial charge in [-0.05, 0) is 12.1 Å². The Balaban J connectivity index is 2.40. The fraction of sp³-hybridized carbons (Fsp3) is 0.188. The molecule has 2 unspecified atom stereocenters. The second-order valence-electron chi connectivity index (χ2n) is 4.34. The maximum Gasteiger partial charge on any atom is 0.174 e. The molecule has 1 aromatic carbocycles. The summed E-state index contributed by atoms with van der Waals surface area (Å²) in [7, 11) is 0. The van der Waals surface area contributed by atoms with Crippen molar-refractivity contribution in [1.82, 2.24) is 0 Å². The summed E-state index contributed by atoms with van der Waals surface area (Å²) < 4.78 is 0. The van der Waals surface area contributed by atoms with Crippen molar-refractivity contribution in [2.45, 2.75) is 4.87 Å². The van der Waals surface area contributed by atoms with Gasteiger partial charge in [-0.3, -0.25) is 4.79 Å². The maximum absolute atomic E-state index is 12.6. The van der Waals surface area contributed by atoms with Crippen LogP contribution in [0.3, 0.4) is 0 Å². The lowest BCUT2D eigenvalue weighted by molar-refractivity contribution is 0.0939. The SMILES string of the molecule is NCC#CC1(Cl)C=CC=CC1C(=O)c1ccccc1Cl. The van der Waals surface area contributed by atoms with Crippen molar-refractivity contribution in [2.75, 3.05) is 6.54 Å². The van der Waals surface area contributed by atoms with E-state index >= 15 is 0 Å². The van der Waals surface area contributed by atoms with Crippen molar-refractivity contribution < 1.29 is 4.79 Å². The molecule has 2 N–H and O–H groups in total. The van der Waals surface area contributed by atoms with Crippen molar-refractivity contribution in [3.8, 4) is 11.8 Å². The highest BCUT2D eigenvalue weighted by atomic mass is 35.5. The van der Waals surface area contributed by atoms with Crippen molar-refractivity contribution in [1.29, 1.82) is 0 Å².